The Hall–Kier alpha value is -1.43. The summed E-state index contributed by atoms with van der Waals surface area (Å²) in [6, 6.07) is 7.63. The molecule has 3 nitrogen and oxygen atoms in total. The van der Waals surface area contributed by atoms with Crippen molar-refractivity contribution in [2.45, 2.75) is 6.92 Å². The Morgan fingerprint density at radius 3 is 2.68 bits per heavy atom. The maximum atomic E-state index is 12.1. The third kappa shape index (κ3) is 2.25. The van der Waals surface area contributed by atoms with Gasteiger partial charge in [0.05, 0.1) is 15.6 Å². The van der Waals surface area contributed by atoms with E-state index in [4.69, 9.17) is 11.6 Å². The number of halogens is 1. The molecule has 0 bridgehead atoms. The smallest absolute Gasteiger partial charge is 0.267 e. The third-order valence-electron chi connectivity index (χ3n) is 2.75. The molecule has 0 spiro atoms. The first-order valence-corrected chi connectivity index (χ1v) is 7.63. The Morgan fingerprint density at radius 1 is 1.21 bits per heavy atom. The molecule has 3 heterocycles. The molecule has 0 radical (unpaired) electrons. The zero-order valence-corrected chi connectivity index (χ0v) is 12.3. The van der Waals surface area contributed by atoms with Crippen LogP contribution in [0.5, 0.6) is 0 Å². The fourth-order valence-corrected chi connectivity index (χ4v) is 3.87. The Kier molecular flexibility index (Phi) is 3.26. The third-order valence-corrected chi connectivity index (χ3v) is 4.89. The highest BCUT2D eigenvalue weighted by Gasteiger charge is 2.17. The molecule has 3 aromatic rings. The van der Waals surface area contributed by atoms with Crippen LogP contribution in [0.2, 0.25) is 4.34 Å². The zero-order valence-electron chi connectivity index (χ0n) is 9.94. The Morgan fingerprint density at radius 2 is 2.05 bits per heavy atom. The van der Waals surface area contributed by atoms with E-state index in [9.17, 15) is 4.79 Å². The first kappa shape index (κ1) is 12.6. The van der Waals surface area contributed by atoms with Gasteiger partial charge in [0.2, 0.25) is 0 Å². The summed E-state index contributed by atoms with van der Waals surface area (Å²) in [5.74, 6) is 0. The number of thiophene rings is 2. The number of aromatic nitrogens is 2. The molecule has 19 heavy (non-hydrogen) atoms. The van der Waals surface area contributed by atoms with Crippen molar-refractivity contribution in [1.82, 2.24) is 10.2 Å². The van der Waals surface area contributed by atoms with Gasteiger partial charge in [0, 0.05) is 15.3 Å². The molecular formula is C13H9ClN2OS2. The van der Waals surface area contributed by atoms with Gasteiger partial charge in [-0.3, -0.25) is 4.79 Å². The monoisotopic (exact) mass is 308 g/mol. The van der Waals surface area contributed by atoms with Gasteiger partial charge in [-0.05, 0) is 30.5 Å². The summed E-state index contributed by atoms with van der Waals surface area (Å²) in [4.78, 5) is 14.0. The molecule has 0 fully saturated rings. The van der Waals surface area contributed by atoms with Crippen molar-refractivity contribution in [2.24, 2.45) is 0 Å². The molecule has 0 aliphatic rings. The van der Waals surface area contributed by atoms with E-state index < -0.39 is 0 Å². The second-order valence-corrected chi connectivity index (χ2v) is 6.63. The molecule has 0 unspecified atom stereocenters. The van der Waals surface area contributed by atoms with Crippen molar-refractivity contribution in [1.29, 1.82) is 0 Å². The lowest BCUT2D eigenvalue weighted by Gasteiger charge is -2.07. The highest BCUT2D eigenvalue weighted by molar-refractivity contribution is 7.19. The number of nitrogens with one attached hydrogen (secondary N) is 1. The van der Waals surface area contributed by atoms with E-state index in [-0.39, 0.29) is 5.56 Å². The van der Waals surface area contributed by atoms with Gasteiger partial charge >= 0.3 is 0 Å². The first-order chi connectivity index (χ1) is 9.16. The molecule has 0 saturated carbocycles. The van der Waals surface area contributed by atoms with Crippen molar-refractivity contribution in [3.63, 3.8) is 0 Å². The van der Waals surface area contributed by atoms with E-state index in [2.05, 4.69) is 10.2 Å². The highest BCUT2D eigenvalue weighted by Crippen LogP contribution is 2.38. The summed E-state index contributed by atoms with van der Waals surface area (Å²) >= 11 is 8.99. The van der Waals surface area contributed by atoms with Crippen molar-refractivity contribution in [3.8, 4) is 20.9 Å². The SMILES string of the molecule is Cc1n[nH]c(=O)c(-c2cccs2)c1-c1ccc(Cl)s1. The van der Waals surface area contributed by atoms with Gasteiger partial charge in [-0.25, -0.2) is 5.10 Å². The molecule has 0 aliphatic heterocycles. The zero-order chi connectivity index (χ0) is 13.4. The molecule has 0 atom stereocenters. The molecule has 0 amide bonds. The fourth-order valence-electron chi connectivity index (χ4n) is 1.95. The van der Waals surface area contributed by atoms with Crippen LogP contribution in [-0.4, -0.2) is 10.2 Å². The van der Waals surface area contributed by atoms with Crippen molar-refractivity contribution in [2.75, 3.05) is 0 Å². The summed E-state index contributed by atoms with van der Waals surface area (Å²) in [5.41, 5.74) is 2.15. The van der Waals surface area contributed by atoms with Crippen LogP contribution in [0.3, 0.4) is 0 Å². The lowest BCUT2D eigenvalue weighted by atomic mass is 10.1. The lowest BCUT2D eigenvalue weighted by molar-refractivity contribution is 0.953. The largest absolute Gasteiger partial charge is 0.273 e. The van der Waals surface area contributed by atoms with Crippen LogP contribution in [0.25, 0.3) is 20.9 Å². The average molecular weight is 309 g/mol. The molecular weight excluding hydrogens is 300 g/mol. The molecule has 3 aromatic heterocycles. The van der Waals surface area contributed by atoms with Crippen LogP contribution < -0.4 is 5.56 Å². The summed E-state index contributed by atoms with van der Waals surface area (Å²) < 4.78 is 0.701. The Balaban J connectivity index is 2.35. The fraction of sp³-hybridized carbons (Fsp3) is 0.0769. The predicted octanol–water partition coefficient (Wildman–Crippen LogP) is 4.19. The number of aromatic amines is 1. The van der Waals surface area contributed by atoms with E-state index >= 15 is 0 Å². The van der Waals surface area contributed by atoms with E-state index in [1.807, 2.05) is 36.6 Å². The van der Waals surface area contributed by atoms with Crippen molar-refractivity contribution < 1.29 is 0 Å². The van der Waals surface area contributed by atoms with E-state index in [1.165, 1.54) is 22.7 Å². The number of rotatable bonds is 2. The van der Waals surface area contributed by atoms with Gasteiger partial charge in [0.25, 0.3) is 5.56 Å². The van der Waals surface area contributed by atoms with E-state index in [0.717, 1.165) is 21.0 Å². The van der Waals surface area contributed by atoms with Crippen LogP contribution >= 0.6 is 34.3 Å². The van der Waals surface area contributed by atoms with Crippen LogP contribution in [-0.2, 0) is 0 Å². The molecule has 96 valence electrons. The predicted molar refractivity (Wildman–Crippen MR) is 81.2 cm³/mol. The van der Waals surface area contributed by atoms with Gasteiger partial charge < -0.3 is 0 Å². The first-order valence-electron chi connectivity index (χ1n) is 5.55. The van der Waals surface area contributed by atoms with Gasteiger partial charge in [0.1, 0.15) is 0 Å². The standard InChI is InChI=1S/C13H9ClN2OS2/c1-7-11(9-4-5-10(14)19-9)12(13(17)16-15-7)8-3-2-6-18-8/h2-6H,1H3,(H,16,17). The Bertz CT molecular complexity index is 774. The molecule has 0 aromatic carbocycles. The minimum absolute atomic E-state index is 0.174. The van der Waals surface area contributed by atoms with Crippen molar-refractivity contribution >= 4 is 34.3 Å². The number of aryl methyl sites for hydroxylation is 1. The quantitative estimate of drug-likeness (QED) is 0.771. The van der Waals surface area contributed by atoms with Gasteiger partial charge in [-0.15, -0.1) is 22.7 Å². The number of H-pyrrole nitrogens is 1. The van der Waals surface area contributed by atoms with Crippen molar-refractivity contribution in [3.05, 3.63) is 50.0 Å². The van der Waals surface area contributed by atoms with Crippen LogP contribution in [0.15, 0.2) is 34.4 Å². The number of hydrogen-bond donors (Lipinski definition) is 1. The maximum Gasteiger partial charge on any atom is 0.273 e. The van der Waals surface area contributed by atoms with E-state index in [1.54, 1.807) is 0 Å². The topological polar surface area (TPSA) is 45.8 Å². The molecule has 1 N–H and O–H groups in total. The Labute approximate surface area is 122 Å². The van der Waals surface area contributed by atoms with Crippen LogP contribution in [0.1, 0.15) is 5.69 Å². The van der Waals surface area contributed by atoms with Gasteiger partial charge in [-0.1, -0.05) is 17.7 Å². The lowest BCUT2D eigenvalue weighted by Crippen LogP contribution is -2.13. The summed E-state index contributed by atoms with van der Waals surface area (Å²) in [5, 5.41) is 8.57. The average Bonchev–Trinajstić information content (AvgIpc) is 3.03. The van der Waals surface area contributed by atoms with Crippen LogP contribution in [0, 0.1) is 6.92 Å². The normalized spacial score (nSPS) is 10.8. The number of nitrogens with zero attached hydrogens (tertiary/aromatic N) is 1. The summed E-state index contributed by atoms with van der Waals surface area (Å²) in [7, 11) is 0. The second kappa shape index (κ2) is 4.92. The summed E-state index contributed by atoms with van der Waals surface area (Å²) in [6.07, 6.45) is 0. The molecule has 0 saturated heterocycles. The summed E-state index contributed by atoms with van der Waals surface area (Å²) in [6.45, 7) is 1.88. The highest BCUT2D eigenvalue weighted by atomic mass is 35.5. The minimum atomic E-state index is -0.174. The minimum Gasteiger partial charge on any atom is -0.267 e. The maximum absolute atomic E-state index is 12.1. The van der Waals surface area contributed by atoms with E-state index in [0.29, 0.717) is 9.90 Å². The molecule has 3 rings (SSSR count). The molecule has 6 heteroatoms. The second-order valence-electron chi connectivity index (χ2n) is 3.97. The van der Waals surface area contributed by atoms with Gasteiger partial charge in [0.15, 0.2) is 0 Å². The molecule has 0 aliphatic carbocycles. The number of hydrogen-bond acceptors (Lipinski definition) is 4. The van der Waals surface area contributed by atoms with Crippen LogP contribution in [0.4, 0.5) is 0 Å². The van der Waals surface area contributed by atoms with Gasteiger partial charge in [-0.2, -0.15) is 5.10 Å².